The minimum absolute atomic E-state index is 0.0352. The molecule has 2 aromatic rings. The Morgan fingerprint density at radius 2 is 1.77 bits per heavy atom. The predicted molar refractivity (Wildman–Crippen MR) is 106 cm³/mol. The Bertz CT molecular complexity index is 819. The molecule has 2 aliphatic heterocycles. The molecule has 134 valence electrons. The summed E-state index contributed by atoms with van der Waals surface area (Å²) < 4.78 is 0. The smallest absolute Gasteiger partial charge is 0.305 e. The largest absolute Gasteiger partial charge is 0.481 e. The van der Waals surface area contributed by atoms with Gasteiger partial charge in [0.2, 0.25) is 5.96 Å². The topological polar surface area (TPSA) is 56.1 Å². The first kappa shape index (κ1) is 17.0. The molecule has 26 heavy (non-hydrogen) atoms. The van der Waals surface area contributed by atoms with Crippen LogP contribution in [0.4, 0.5) is 11.4 Å². The van der Waals surface area contributed by atoms with Crippen molar-refractivity contribution in [3.8, 4) is 0 Å². The molecular weight excluding hydrogens is 346 g/mol. The summed E-state index contributed by atoms with van der Waals surface area (Å²) in [7, 11) is 0. The maximum Gasteiger partial charge on any atom is 0.305 e. The van der Waals surface area contributed by atoms with Gasteiger partial charge in [0.25, 0.3) is 0 Å². The predicted octanol–water partition coefficient (Wildman–Crippen LogP) is 3.76. The number of thioether (sulfide) groups is 1. The van der Waals surface area contributed by atoms with Crippen molar-refractivity contribution in [2.24, 2.45) is 4.99 Å². The van der Waals surface area contributed by atoms with Crippen molar-refractivity contribution in [2.45, 2.75) is 12.5 Å². The zero-order valence-electron chi connectivity index (χ0n) is 14.4. The standard InChI is InChI=1S/C20H21N3O2S/c24-19(25)14-18-16-8-4-5-9-17(16)21-20(22-10-12-26-13-11-22)23(18)15-6-2-1-3-7-15/h1-9,18H,10-14H2,(H,24,25). The number of hydrogen-bond donors (Lipinski definition) is 1. The minimum Gasteiger partial charge on any atom is -0.481 e. The fraction of sp³-hybridized carbons (Fsp3) is 0.300. The molecule has 4 rings (SSSR count). The minimum atomic E-state index is -0.804. The summed E-state index contributed by atoms with van der Waals surface area (Å²) >= 11 is 1.95. The average molecular weight is 367 g/mol. The fourth-order valence-corrected chi connectivity index (χ4v) is 4.45. The molecule has 2 aliphatic rings. The van der Waals surface area contributed by atoms with Crippen molar-refractivity contribution in [3.05, 3.63) is 60.2 Å². The lowest BCUT2D eigenvalue weighted by Crippen LogP contribution is -2.50. The lowest BCUT2D eigenvalue weighted by molar-refractivity contribution is -0.137. The first-order valence-electron chi connectivity index (χ1n) is 8.80. The molecule has 5 nitrogen and oxygen atoms in total. The van der Waals surface area contributed by atoms with Crippen molar-refractivity contribution in [1.29, 1.82) is 0 Å². The number of carboxylic acid groups (broad SMARTS) is 1. The van der Waals surface area contributed by atoms with Gasteiger partial charge in [-0.2, -0.15) is 11.8 Å². The van der Waals surface area contributed by atoms with Gasteiger partial charge in [0, 0.05) is 35.8 Å². The van der Waals surface area contributed by atoms with Gasteiger partial charge in [-0.15, -0.1) is 0 Å². The number of nitrogens with zero attached hydrogens (tertiary/aromatic N) is 3. The van der Waals surface area contributed by atoms with Gasteiger partial charge in [0.15, 0.2) is 0 Å². The molecule has 1 N–H and O–H groups in total. The molecule has 0 radical (unpaired) electrons. The SMILES string of the molecule is O=C(O)CC1c2ccccc2N=C(N2CCSCC2)N1c1ccccc1. The molecule has 6 heteroatoms. The van der Waals surface area contributed by atoms with Gasteiger partial charge in [0.05, 0.1) is 18.2 Å². The molecule has 0 amide bonds. The third kappa shape index (κ3) is 3.29. The molecule has 1 atom stereocenters. The summed E-state index contributed by atoms with van der Waals surface area (Å²) in [4.78, 5) is 21.0. The Morgan fingerprint density at radius 3 is 2.50 bits per heavy atom. The molecule has 0 bridgehead atoms. The van der Waals surface area contributed by atoms with Crippen LogP contribution in [0.5, 0.6) is 0 Å². The van der Waals surface area contributed by atoms with E-state index >= 15 is 0 Å². The zero-order chi connectivity index (χ0) is 17.9. The van der Waals surface area contributed by atoms with Crippen molar-refractivity contribution < 1.29 is 9.90 Å². The van der Waals surface area contributed by atoms with Crippen LogP contribution >= 0.6 is 11.8 Å². The monoisotopic (exact) mass is 367 g/mol. The quantitative estimate of drug-likeness (QED) is 0.895. The van der Waals surface area contributed by atoms with Crippen LogP contribution in [-0.4, -0.2) is 46.5 Å². The van der Waals surface area contributed by atoms with Crippen molar-refractivity contribution in [1.82, 2.24) is 4.90 Å². The molecule has 1 fully saturated rings. The number of rotatable bonds is 3. The van der Waals surface area contributed by atoms with Gasteiger partial charge in [-0.1, -0.05) is 36.4 Å². The Labute approximate surface area is 157 Å². The van der Waals surface area contributed by atoms with Gasteiger partial charge in [-0.3, -0.25) is 4.79 Å². The molecule has 1 unspecified atom stereocenters. The van der Waals surface area contributed by atoms with E-state index in [0.717, 1.165) is 47.5 Å². The van der Waals surface area contributed by atoms with Crippen LogP contribution in [0.25, 0.3) is 0 Å². The molecule has 0 aliphatic carbocycles. The van der Waals surface area contributed by atoms with Gasteiger partial charge in [-0.25, -0.2) is 4.99 Å². The Morgan fingerprint density at radius 1 is 1.08 bits per heavy atom. The van der Waals surface area contributed by atoms with Crippen LogP contribution in [-0.2, 0) is 4.79 Å². The number of carbonyl (C=O) groups is 1. The van der Waals surface area contributed by atoms with Gasteiger partial charge in [0.1, 0.15) is 0 Å². The highest BCUT2D eigenvalue weighted by Gasteiger charge is 2.35. The third-order valence-electron chi connectivity index (χ3n) is 4.74. The first-order chi connectivity index (χ1) is 12.7. The van der Waals surface area contributed by atoms with Crippen LogP contribution in [0.3, 0.4) is 0 Å². The van der Waals surface area contributed by atoms with Crippen molar-refractivity contribution >= 4 is 35.1 Å². The van der Waals surface area contributed by atoms with E-state index in [1.54, 1.807) is 0 Å². The van der Waals surface area contributed by atoms with Gasteiger partial charge >= 0.3 is 5.97 Å². The molecule has 2 aromatic carbocycles. The van der Waals surface area contributed by atoms with E-state index in [9.17, 15) is 9.90 Å². The summed E-state index contributed by atoms with van der Waals surface area (Å²) in [6, 6.07) is 17.6. The van der Waals surface area contributed by atoms with E-state index in [-0.39, 0.29) is 12.5 Å². The second-order valence-electron chi connectivity index (χ2n) is 6.39. The number of para-hydroxylation sites is 2. The Balaban J connectivity index is 1.85. The van der Waals surface area contributed by atoms with Crippen LogP contribution in [0.2, 0.25) is 0 Å². The van der Waals surface area contributed by atoms with E-state index in [2.05, 4.69) is 9.80 Å². The van der Waals surface area contributed by atoms with E-state index in [1.165, 1.54) is 0 Å². The number of fused-ring (bicyclic) bond motifs is 1. The number of anilines is 1. The van der Waals surface area contributed by atoms with Gasteiger partial charge in [-0.05, 0) is 18.2 Å². The summed E-state index contributed by atoms with van der Waals surface area (Å²) in [5.74, 6) is 2.18. The highest BCUT2D eigenvalue weighted by molar-refractivity contribution is 7.99. The molecule has 0 saturated carbocycles. The number of aliphatic imine (C=N–C) groups is 1. The Kier molecular flexibility index (Phi) is 4.84. The second-order valence-corrected chi connectivity index (χ2v) is 7.61. The van der Waals surface area contributed by atoms with E-state index in [0.29, 0.717) is 0 Å². The normalized spacial score (nSPS) is 19.7. The number of hydrogen-bond acceptors (Lipinski definition) is 5. The lowest BCUT2D eigenvalue weighted by Gasteiger charge is -2.43. The maximum atomic E-state index is 11.7. The van der Waals surface area contributed by atoms with Crippen LogP contribution in [0.15, 0.2) is 59.6 Å². The van der Waals surface area contributed by atoms with Gasteiger partial charge < -0.3 is 14.9 Å². The lowest BCUT2D eigenvalue weighted by atomic mass is 9.97. The van der Waals surface area contributed by atoms with E-state index in [1.807, 2.05) is 66.4 Å². The average Bonchev–Trinajstić information content (AvgIpc) is 2.68. The summed E-state index contributed by atoms with van der Waals surface area (Å²) in [5, 5.41) is 9.57. The number of guanidine groups is 1. The van der Waals surface area contributed by atoms with E-state index < -0.39 is 5.97 Å². The highest BCUT2D eigenvalue weighted by atomic mass is 32.2. The van der Waals surface area contributed by atoms with Crippen LogP contribution in [0.1, 0.15) is 18.0 Å². The van der Waals surface area contributed by atoms with Crippen LogP contribution in [0, 0.1) is 0 Å². The molecule has 0 spiro atoms. The van der Waals surface area contributed by atoms with Crippen LogP contribution < -0.4 is 4.90 Å². The Hall–Kier alpha value is -2.47. The van der Waals surface area contributed by atoms with Crippen molar-refractivity contribution in [2.75, 3.05) is 29.5 Å². The van der Waals surface area contributed by atoms with E-state index in [4.69, 9.17) is 4.99 Å². The molecule has 2 heterocycles. The third-order valence-corrected chi connectivity index (χ3v) is 5.68. The molecule has 1 saturated heterocycles. The summed E-state index contributed by atoms with van der Waals surface area (Å²) in [6.45, 7) is 1.85. The maximum absolute atomic E-state index is 11.7. The number of aliphatic carboxylic acids is 1. The number of carboxylic acids is 1. The summed E-state index contributed by atoms with van der Waals surface area (Å²) in [6.07, 6.45) is 0.0352. The summed E-state index contributed by atoms with van der Waals surface area (Å²) in [5.41, 5.74) is 2.82. The highest BCUT2D eigenvalue weighted by Crippen LogP contribution is 2.40. The number of benzene rings is 2. The second kappa shape index (κ2) is 7.41. The first-order valence-corrected chi connectivity index (χ1v) is 9.96. The zero-order valence-corrected chi connectivity index (χ0v) is 15.2. The molecule has 0 aromatic heterocycles. The van der Waals surface area contributed by atoms with Crippen molar-refractivity contribution in [3.63, 3.8) is 0 Å². The fourth-order valence-electron chi connectivity index (χ4n) is 3.55. The molecular formula is C20H21N3O2S.